The van der Waals surface area contributed by atoms with Gasteiger partial charge in [0.15, 0.2) is 0 Å². The molecule has 0 spiro atoms. The van der Waals surface area contributed by atoms with E-state index in [0.29, 0.717) is 19.6 Å². The van der Waals surface area contributed by atoms with Gasteiger partial charge in [-0.2, -0.15) is 0 Å². The van der Waals surface area contributed by atoms with E-state index in [1.165, 1.54) is 16.7 Å². The maximum Gasteiger partial charge on any atom is 0.227 e. The van der Waals surface area contributed by atoms with Gasteiger partial charge in [-0.1, -0.05) is 30.3 Å². The number of hydrogen-bond acceptors (Lipinski definition) is 3. The highest BCUT2D eigenvalue weighted by molar-refractivity contribution is 5.96. The van der Waals surface area contributed by atoms with Crippen LogP contribution >= 0.6 is 0 Å². The van der Waals surface area contributed by atoms with Crippen molar-refractivity contribution in [3.05, 3.63) is 88.7 Å². The summed E-state index contributed by atoms with van der Waals surface area (Å²) in [5, 5.41) is 0. The first-order valence-corrected chi connectivity index (χ1v) is 12.4. The second-order valence-corrected chi connectivity index (χ2v) is 9.83. The summed E-state index contributed by atoms with van der Waals surface area (Å²) in [5.41, 5.74) is 7.79. The predicted octanol–water partition coefficient (Wildman–Crippen LogP) is 6.26. The van der Waals surface area contributed by atoms with E-state index in [0.717, 1.165) is 46.8 Å². The number of anilines is 1. The van der Waals surface area contributed by atoms with Gasteiger partial charge in [0.1, 0.15) is 11.6 Å². The van der Waals surface area contributed by atoms with Crippen molar-refractivity contribution in [3.8, 4) is 5.75 Å². The van der Waals surface area contributed by atoms with Crippen LogP contribution in [0.3, 0.4) is 0 Å². The minimum Gasteiger partial charge on any atom is -0.493 e. The molecule has 35 heavy (non-hydrogen) atoms. The van der Waals surface area contributed by atoms with Crippen molar-refractivity contribution in [2.45, 2.75) is 53.0 Å². The summed E-state index contributed by atoms with van der Waals surface area (Å²) >= 11 is 0. The van der Waals surface area contributed by atoms with Gasteiger partial charge in [0, 0.05) is 31.1 Å². The first kappa shape index (κ1) is 23.2. The predicted molar refractivity (Wildman–Crippen MR) is 141 cm³/mol. The number of ether oxygens (including phenoxy) is 1. The van der Waals surface area contributed by atoms with Gasteiger partial charge in [0.2, 0.25) is 5.91 Å². The minimum atomic E-state index is 0.0654. The van der Waals surface area contributed by atoms with Crippen LogP contribution in [0, 0.1) is 27.7 Å². The molecule has 1 amide bonds. The molecule has 1 atom stereocenters. The Kier molecular flexibility index (Phi) is 6.33. The molecule has 5 heteroatoms. The molecule has 2 heterocycles. The van der Waals surface area contributed by atoms with Crippen LogP contribution in [0.2, 0.25) is 0 Å². The number of para-hydroxylation sites is 2. The molecule has 1 aromatic heterocycles. The summed E-state index contributed by atoms with van der Waals surface area (Å²) in [5.74, 6) is 2.18. The van der Waals surface area contributed by atoms with E-state index >= 15 is 0 Å². The lowest BCUT2D eigenvalue weighted by atomic mass is 10.1. The number of carbonyl (C=O) groups is 1. The lowest BCUT2D eigenvalue weighted by Gasteiger charge is -2.19. The monoisotopic (exact) mass is 467 g/mol. The fraction of sp³-hybridized carbons (Fsp3) is 0.333. The summed E-state index contributed by atoms with van der Waals surface area (Å²) < 4.78 is 8.41. The fourth-order valence-electron chi connectivity index (χ4n) is 5.14. The Hall–Kier alpha value is -3.60. The van der Waals surface area contributed by atoms with E-state index in [1.54, 1.807) is 0 Å². The summed E-state index contributed by atoms with van der Waals surface area (Å²) in [7, 11) is 0. The van der Waals surface area contributed by atoms with Gasteiger partial charge in [0.05, 0.1) is 17.6 Å². The Bertz CT molecular complexity index is 1370. The van der Waals surface area contributed by atoms with Crippen molar-refractivity contribution >= 4 is 22.6 Å². The lowest BCUT2D eigenvalue weighted by molar-refractivity contribution is -0.117. The number of nitrogens with zero attached hydrogens (tertiary/aromatic N) is 3. The molecule has 5 rings (SSSR count). The number of hydrogen-bond donors (Lipinski definition) is 0. The highest BCUT2D eigenvalue weighted by Gasteiger charge is 2.35. The van der Waals surface area contributed by atoms with Crippen molar-refractivity contribution in [2.75, 3.05) is 18.1 Å². The van der Waals surface area contributed by atoms with Crippen LogP contribution in [0.1, 0.15) is 46.8 Å². The van der Waals surface area contributed by atoms with Crippen molar-refractivity contribution in [2.24, 2.45) is 0 Å². The second-order valence-electron chi connectivity index (χ2n) is 9.83. The molecule has 1 fully saturated rings. The maximum absolute atomic E-state index is 13.1. The molecule has 4 aromatic rings. The smallest absolute Gasteiger partial charge is 0.227 e. The molecule has 1 saturated heterocycles. The van der Waals surface area contributed by atoms with Crippen LogP contribution in [0.25, 0.3) is 11.0 Å². The first-order chi connectivity index (χ1) is 16.9. The zero-order valence-electron chi connectivity index (χ0n) is 21.0. The number of aromatic nitrogens is 2. The molecule has 0 N–H and O–H groups in total. The largest absolute Gasteiger partial charge is 0.493 e. The van der Waals surface area contributed by atoms with Gasteiger partial charge in [-0.15, -0.1) is 0 Å². The number of fused-ring (bicyclic) bond motifs is 1. The summed E-state index contributed by atoms with van der Waals surface area (Å²) in [6, 6.07) is 20.9. The van der Waals surface area contributed by atoms with E-state index in [1.807, 2.05) is 11.0 Å². The van der Waals surface area contributed by atoms with Gasteiger partial charge in [0.25, 0.3) is 0 Å². The number of rotatable bonds is 7. The van der Waals surface area contributed by atoms with Crippen molar-refractivity contribution in [1.29, 1.82) is 0 Å². The molecule has 5 nitrogen and oxygen atoms in total. The maximum atomic E-state index is 13.1. The van der Waals surface area contributed by atoms with Crippen molar-refractivity contribution < 1.29 is 9.53 Å². The zero-order chi connectivity index (χ0) is 24.5. The number of imidazole rings is 1. The Morgan fingerprint density at radius 2 is 1.71 bits per heavy atom. The summed E-state index contributed by atoms with van der Waals surface area (Å²) in [4.78, 5) is 20.0. The van der Waals surface area contributed by atoms with Gasteiger partial charge < -0.3 is 14.2 Å². The standard InChI is InChI=1S/C30H33N3O2/c1-20-10-11-23(4)28(17-20)35-13-7-12-32-27-9-6-5-8-26(27)31-30(32)24-18-29(34)33(19-24)25-15-21(2)14-22(3)16-25/h5-6,8-11,14-17,24H,7,12-13,18-19H2,1-4H3. The van der Waals surface area contributed by atoms with Crippen LogP contribution in [0.15, 0.2) is 60.7 Å². The van der Waals surface area contributed by atoms with E-state index < -0.39 is 0 Å². The first-order valence-electron chi connectivity index (χ1n) is 12.4. The molecule has 1 aliphatic heterocycles. The highest BCUT2D eigenvalue weighted by Crippen LogP contribution is 2.34. The quantitative estimate of drug-likeness (QED) is 0.301. The molecular weight excluding hydrogens is 434 g/mol. The van der Waals surface area contributed by atoms with Crippen LogP contribution in [0.4, 0.5) is 5.69 Å². The highest BCUT2D eigenvalue weighted by atomic mass is 16.5. The van der Waals surface area contributed by atoms with Crippen LogP contribution in [-0.2, 0) is 11.3 Å². The molecule has 1 aliphatic rings. The number of aryl methyl sites for hydroxylation is 5. The third kappa shape index (κ3) is 4.81. The number of benzene rings is 3. The van der Waals surface area contributed by atoms with E-state index in [4.69, 9.17) is 9.72 Å². The molecule has 0 bridgehead atoms. The SMILES string of the molecule is Cc1cc(C)cc(N2CC(c3nc4ccccc4n3CCCOc3cc(C)ccc3C)CC2=O)c1. The van der Waals surface area contributed by atoms with E-state index in [2.05, 4.69) is 86.9 Å². The normalized spacial score (nSPS) is 15.8. The van der Waals surface area contributed by atoms with Crippen molar-refractivity contribution in [3.63, 3.8) is 0 Å². The summed E-state index contributed by atoms with van der Waals surface area (Å²) in [6.07, 6.45) is 1.34. The third-order valence-electron chi connectivity index (χ3n) is 6.82. The van der Waals surface area contributed by atoms with Gasteiger partial charge in [-0.25, -0.2) is 4.98 Å². The molecule has 0 aliphatic carbocycles. The Balaban J connectivity index is 1.36. The van der Waals surface area contributed by atoms with Gasteiger partial charge in [-0.05, 0) is 86.7 Å². The van der Waals surface area contributed by atoms with E-state index in [9.17, 15) is 4.79 Å². The molecule has 0 saturated carbocycles. The van der Waals surface area contributed by atoms with Crippen LogP contribution in [-0.4, -0.2) is 28.6 Å². The molecule has 1 unspecified atom stereocenters. The number of carbonyl (C=O) groups excluding carboxylic acids is 1. The molecule has 0 radical (unpaired) electrons. The molecular formula is C30H33N3O2. The number of amides is 1. The second kappa shape index (κ2) is 9.57. The Labute approximate surface area is 207 Å². The van der Waals surface area contributed by atoms with Crippen molar-refractivity contribution in [1.82, 2.24) is 9.55 Å². The van der Waals surface area contributed by atoms with Gasteiger partial charge >= 0.3 is 0 Å². The molecule has 180 valence electrons. The Morgan fingerprint density at radius 3 is 2.51 bits per heavy atom. The minimum absolute atomic E-state index is 0.0654. The average molecular weight is 468 g/mol. The van der Waals surface area contributed by atoms with Gasteiger partial charge in [-0.3, -0.25) is 4.79 Å². The molecule has 3 aromatic carbocycles. The van der Waals surface area contributed by atoms with Crippen LogP contribution in [0.5, 0.6) is 5.75 Å². The van der Waals surface area contributed by atoms with Crippen LogP contribution < -0.4 is 9.64 Å². The van der Waals surface area contributed by atoms with E-state index in [-0.39, 0.29) is 11.8 Å². The Morgan fingerprint density at radius 1 is 0.943 bits per heavy atom. The summed E-state index contributed by atoms with van der Waals surface area (Å²) in [6.45, 7) is 10.4. The zero-order valence-corrected chi connectivity index (χ0v) is 21.0. The lowest BCUT2D eigenvalue weighted by Crippen LogP contribution is -2.24. The third-order valence-corrected chi connectivity index (χ3v) is 6.82. The average Bonchev–Trinajstić information content (AvgIpc) is 3.38. The topological polar surface area (TPSA) is 47.4 Å². The fourth-order valence-corrected chi connectivity index (χ4v) is 5.14.